The zero-order valence-corrected chi connectivity index (χ0v) is 15.1. The van der Waals surface area contributed by atoms with Crippen molar-refractivity contribution in [1.82, 2.24) is 10.9 Å². The van der Waals surface area contributed by atoms with Crippen LogP contribution in [0.25, 0.3) is 0 Å². The van der Waals surface area contributed by atoms with E-state index in [4.69, 9.17) is 14.2 Å². The normalized spacial score (nSPS) is 10.2. The summed E-state index contributed by atoms with van der Waals surface area (Å²) in [5.74, 6) is -1.17. The number of hydrogen-bond acceptors (Lipinski definition) is 5. The summed E-state index contributed by atoms with van der Waals surface area (Å²) in [4.78, 5) is 24.0. The van der Waals surface area contributed by atoms with Crippen molar-refractivity contribution >= 4 is 11.8 Å². The van der Waals surface area contributed by atoms with Crippen molar-refractivity contribution in [3.63, 3.8) is 0 Å². The molecule has 0 unspecified atom stereocenters. The molecule has 2 N–H and O–H groups in total. The number of amides is 2. The van der Waals surface area contributed by atoms with E-state index in [-0.39, 0.29) is 5.75 Å². The number of carbonyl (C=O) groups excluding carboxylic acids is 2. The van der Waals surface area contributed by atoms with Crippen LogP contribution < -0.4 is 20.3 Å². The fourth-order valence-corrected chi connectivity index (χ4v) is 2.18. The van der Waals surface area contributed by atoms with Crippen molar-refractivity contribution in [2.24, 2.45) is 0 Å². The average Bonchev–Trinajstić information content (AvgIpc) is 2.69. The third kappa shape index (κ3) is 5.96. The molecule has 2 amide bonds. The molecule has 0 fully saturated rings. The molecule has 0 aliphatic carbocycles. The second kappa shape index (κ2) is 10.1. The molecule has 27 heavy (non-hydrogen) atoms. The highest BCUT2D eigenvalue weighted by molar-refractivity contribution is 5.95. The highest BCUT2D eigenvalue weighted by Crippen LogP contribution is 2.21. The molecule has 8 heteroatoms. The van der Waals surface area contributed by atoms with Crippen molar-refractivity contribution in [2.75, 3.05) is 20.3 Å². The first-order valence-corrected chi connectivity index (χ1v) is 8.26. The van der Waals surface area contributed by atoms with E-state index in [2.05, 4.69) is 10.9 Å². The second-order valence-electron chi connectivity index (χ2n) is 5.39. The van der Waals surface area contributed by atoms with Crippen LogP contribution in [-0.2, 0) is 16.1 Å². The summed E-state index contributed by atoms with van der Waals surface area (Å²) in [6.07, 6.45) is 0. The number of halogens is 1. The Hall–Kier alpha value is -3.13. The van der Waals surface area contributed by atoms with Crippen molar-refractivity contribution in [1.29, 1.82) is 0 Å². The summed E-state index contributed by atoms with van der Waals surface area (Å²) in [5, 5.41) is 0. The fraction of sp³-hybridized carbons (Fsp3) is 0.263. The molecule has 0 aliphatic rings. The van der Waals surface area contributed by atoms with Crippen LogP contribution in [-0.4, -0.2) is 32.1 Å². The third-order valence-corrected chi connectivity index (χ3v) is 3.52. The van der Waals surface area contributed by atoms with E-state index < -0.39 is 24.2 Å². The van der Waals surface area contributed by atoms with Gasteiger partial charge in [0.2, 0.25) is 0 Å². The lowest BCUT2D eigenvalue weighted by Crippen LogP contribution is -2.43. The maximum absolute atomic E-state index is 13.4. The van der Waals surface area contributed by atoms with Crippen LogP contribution in [0.15, 0.2) is 42.5 Å². The minimum absolute atomic E-state index is 0.0466. The predicted octanol–water partition coefficient (Wildman–Crippen LogP) is 2.21. The molecule has 2 aromatic carbocycles. The Morgan fingerprint density at radius 2 is 1.85 bits per heavy atom. The van der Waals surface area contributed by atoms with Gasteiger partial charge < -0.3 is 14.2 Å². The van der Waals surface area contributed by atoms with E-state index in [1.807, 2.05) is 6.92 Å². The van der Waals surface area contributed by atoms with E-state index >= 15 is 0 Å². The summed E-state index contributed by atoms with van der Waals surface area (Å²) in [7, 11) is 1.53. The second-order valence-corrected chi connectivity index (χ2v) is 5.39. The standard InChI is InChI=1S/C19H21FN2O5/c1-3-26-11-14-10-13(8-9-16(14)25-2)19(24)22-21-18(23)12-27-17-7-5-4-6-15(17)20/h4-10H,3,11-12H2,1-2H3,(H,21,23)(H,22,24). The van der Waals surface area contributed by atoms with Gasteiger partial charge in [-0.05, 0) is 37.3 Å². The summed E-state index contributed by atoms with van der Waals surface area (Å²) in [6.45, 7) is 2.24. The smallest absolute Gasteiger partial charge is 0.276 e. The quantitative estimate of drug-likeness (QED) is 0.690. The molecule has 0 aromatic heterocycles. The van der Waals surface area contributed by atoms with Crippen molar-refractivity contribution < 1.29 is 28.2 Å². The fourth-order valence-electron chi connectivity index (χ4n) is 2.18. The van der Waals surface area contributed by atoms with E-state index in [0.29, 0.717) is 30.1 Å². The molecule has 0 spiro atoms. The lowest BCUT2D eigenvalue weighted by molar-refractivity contribution is -0.123. The number of rotatable bonds is 8. The summed E-state index contributed by atoms with van der Waals surface area (Å²) in [5.41, 5.74) is 5.52. The van der Waals surface area contributed by atoms with Crippen LogP contribution in [0.4, 0.5) is 4.39 Å². The lowest BCUT2D eigenvalue weighted by atomic mass is 10.1. The first-order chi connectivity index (χ1) is 13.0. The monoisotopic (exact) mass is 376 g/mol. The van der Waals surface area contributed by atoms with Crippen LogP contribution in [0.5, 0.6) is 11.5 Å². The van der Waals surface area contributed by atoms with Crippen LogP contribution >= 0.6 is 0 Å². The van der Waals surface area contributed by atoms with Crippen molar-refractivity contribution in [3.8, 4) is 11.5 Å². The molecule has 0 heterocycles. The number of nitrogens with one attached hydrogen (secondary N) is 2. The maximum atomic E-state index is 13.4. The Labute approximate surface area is 156 Å². The Bertz CT molecular complexity index is 797. The molecular weight excluding hydrogens is 355 g/mol. The van der Waals surface area contributed by atoms with E-state index in [1.165, 1.54) is 25.3 Å². The Morgan fingerprint density at radius 3 is 2.56 bits per heavy atom. The number of para-hydroxylation sites is 1. The Morgan fingerprint density at radius 1 is 1.07 bits per heavy atom. The maximum Gasteiger partial charge on any atom is 0.276 e. The predicted molar refractivity (Wildman–Crippen MR) is 95.8 cm³/mol. The zero-order chi connectivity index (χ0) is 19.6. The van der Waals surface area contributed by atoms with Crippen molar-refractivity contribution in [2.45, 2.75) is 13.5 Å². The molecule has 2 rings (SSSR count). The Kier molecular flexibility index (Phi) is 7.57. The lowest BCUT2D eigenvalue weighted by Gasteiger charge is -2.12. The van der Waals surface area contributed by atoms with Crippen LogP contribution in [0.1, 0.15) is 22.8 Å². The average molecular weight is 376 g/mol. The zero-order valence-electron chi connectivity index (χ0n) is 15.1. The number of methoxy groups -OCH3 is 1. The van der Waals surface area contributed by atoms with Crippen molar-refractivity contribution in [3.05, 3.63) is 59.4 Å². The number of benzene rings is 2. The number of ether oxygens (including phenoxy) is 3. The Balaban J connectivity index is 1.89. The van der Waals surface area contributed by atoms with Gasteiger partial charge in [-0.3, -0.25) is 20.4 Å². The molecular formula is C19H21FN2O5. The molecule has 0 bridgehead atoms. The van der Waals surface area contributed by atoms with Crippen LogP contribution in [0.3, 0.4) is 0 Å². The van der Waals surface area contributed by atoms with Gasteiger partial charge in [0.25, 0.3) is 11.8 Å². The molecule has 0 saturated heterocycles. The molecule has 0 radical (unpaired) electrons. The van der Waals surface area contributed by atoms with E-state index in [0.717, 1.165) is 0 Å². The largest absolute Gasteiger partial charge is 0.496 e. The number of carbonyl (C=O) groups is 2. The van der Waals surface area contributed by atoms with Crippen LogP contribution in [0, 0.1) is 5.82 Å². The molecule has 0 aliphatic heterocycles. The topological polar surface area (TPSA) is 85.9 Å². The van der Waals surface area contributed by atoms with Gasteiger partial charge in [-0.15, -0.1) is 0 Å². The molecule has 0 saturated carbocycles. The van der Waals surface area contributed by atoms with Gasteiger partial charge in [0.1, 0.15) is 5.75 Å². The first kappa shape index (κ1) is 20.2. The van der Waals surface area contributed by atoms with Gasteiger partial charge in [-0.25, -0.2) is 4.39 Å². The van der Waals surface area contributed by atoms with Crippen LogP contribution in [0.2, 0.25) is 0 Å². The molecule has 144 valence electrons. The van der Waals surface area contributed by atoms with Gasteiger partial charge in [-0.2, -0.15) is 0 Å². The highest BCUT2D eigenvalue weighted by atomic mass is 19.1. The summed E-state index contributed by atoms with van der Waals surface area (Å²) >= 11 is 0. The van der Waals surface area contributed by atoms with Gasteiger partial charge in [0, 0.05) is 17.7 Å². The molecule has 2 aromatic rings. The summed E-state index contributed by atoms with van der Waals surface area (Å²) in [6, 6.07) is 10.5. The van der Waals surface area contributed by atoms with Gasteiger partial charge in [0.05, 0.1) is 13.7 Å². The van der Waals surface area contributed by atoms with Gasteiger partial charge in [-0.1, -0.05) is 12.1 Å². The first-order valence-electron chi connectivity index (χ1n) is 8.26. The molecule has 0 atom stereocenters. The number of hydrogen-bond donors (Lipinski definition) is 2. The van der Waals surface area contributed by atoms with E-state index in [1.54, 1.807) is 24.3 Å². The SMILES string of the molecule is CCOCc1cc(C(=O)NNC(=O)COc2ccccc2F)ccc1OC. The third-order valence-electron chi connectivity index (χ3n) is 3.52. The highest BCUT2D eigenvalue weighted by Gasteiger charge is 2.12. The van der Waals surface area contributed by atoms with E-state index in [9.17, 15) is 14.0 Å². The minimum atomic E-state index is -0.630. The van der Waals surface area contributed by atoms with Gasteiger partial charge in [0.15, 0.2) is 18.2 Å². The molecule has 7 nitrogen and oxygen atoms in total. The summed E-state index contributed by atoms with van der Waals surface area (Å²) < 4.78 is 29.1. The van der Waals surface area contributed by atoms with Gasteiger partial charge >= 0.3 is 0 Å². The number of hydrazine groups is 1. The minimum Gasteiger partial charge on any atom is -0.496 e.